The van der Waals surface area contributed by atoms with Gasteiger partial charge in [-0.1, -0.05) is 5.92 Å². The standard InChI is InChI=1S/C19H14FN3O/c20-15-10-14-11-16(22-19(14)21-12-15)6-3-13-4-7-17(8-5-13)23-9-1-2-18(23)24/h4-5,7-8,10-12H,1-2,9H2,(H,21,22). The maximum Gasteiger partial charge on any atom is 0.227 e. The molecule has 1 amide bonds. The highest BCUT2D eigenvalue weighted by Crippen LogP contribution is 2.21. The molecular weight excluding hydrogens is 305 g/mol. The van der Waals surface area contributed by atoms with Gasteiger partial charge in [0.25, 0.3) is 0 Å². The first-order valence-corrected chi connectivity index (χ1v) is 7.76. The van der Waals surface area contributed by atoms with Gasteiger partial charge < -0.3 is 9.88 Å². The van der Waals surface area contributed by atoms with Gasteiger partial charge in [0.1, 0.15) is 11.5 Å². The highest BCUT2D eigenvalue weighted by atomic mass is 19.1. The first-order chi connectivity index (χ1) is 11.7. The van der Waals surface area contributed by atoms with E-state index in [-0.39, 0.29) is 11.7 Å². The summed E-state index contributed by atoms with van der Waals surface area (Å²) in [6, 6.07) is 10.8. The lowest BCUT2D eigenvalue weighted by atomic mass is 10.2. The zero-order valence-electron chi connectivity index (χ0n) is 12.8. The summed E-state index contributed by atoms with van der Waals surface area (Å²) in [5.41, 5.74) is 3.06. The van der Waals surface area contributed by atoms with E-state index in [9.17, 15) is 9.18 Å². The Morgan fingerprint density at radius 3 is 2.75 bits per heavy atom. The van der Waals surface area contributed by atoms with Crippen LogP contribution in [-0.4, -0.2) is 22.4 Å². The molecule has 1 aliphatic heterocycles. The summed E-state index contributed by atoms with van der Waals surface area (Å²) in [6.07, 6.45) is 2.71. The molecule has 0 unspecified atom stereocenters. The molecule has 0 spiro atoms. The Labute approximate surface area is 138 Å². The van der Waals surface area contributed by atoms with Crippen molar-refractivity contribution >= 4 is 22.6 Å². The summed E-state index contributed by atoms with van der Waals surface area (Å²) in [6.45, 7) is 0.780. The van der Waals surface area contributed by atoms with Crippen molar-refractivity contribution in [1.82, 2.24) is 9.97 Å². The molecule has 5 heteroatoms. The van der Waals surface area contributed by atoms with Crippen molar-refractivity contribution in [3.05, 3.63) is 59.7 Å². The number of hydrogen-bond acceptors (Lipinski definition) is 2. The summed E-state index contributed by atoms with van der Waals surface area (Å²) in [5, 5.41) is 0.696. The molecule has 0 atom stereocenters. The molecule has 3 aromatic rings. The van der Waals surface area contributed by atoms with Crippen LogP contribution in [0.2, 0.25) is 0 Å². The number of fused-ring (bicyclic) bond motifs is 1. The molecule has 1 saturated heterocycles. The largest absolute Gasteiger partial charge is 0.333 e. The molecule has 4 nitrogen and oxygen atoms in total. The normalized spacial score (nSPS) is 14.0. The van der Waals surface area contributed by atoms with Crippen LogP contribution in [0.3, 0.4) is 0 Å². The van der Waals surface area contributed by atoms with Crippen LogP contribution < -0.4 is 4.90 Å². The van der Waals surface area contributed by atoms with Crippen LogP contribution in [-0.2, 0) is 4.79 Å². The fourth-order valence-electron chi connectivity index (χ4n) is 2.84. The van der Waals surface area contributed by atoms with E-state index < -0.39 is 0 Å². The molecule has 1 aromatic carbocycles. The molecule has 4 rings (SSSR count). The molecule has 3 heterocycles. The Balaban J connectivity index is 1.56. The van der Waals surface area contributed by atoms with Crippen LogP contribution >= 0.6 is 0 Å². The number of aromatic nitrogens is 2. The molecule has 1 N–H and O–H groups in total. The third-order valence-corrected chi connectivity index (χ3v) is 4.03. The lowest BCUT2D eigenvalue weighted by Gasteiger charge is -2.15. The van der Waals surface area contributed by atoms with Crippen molar-refractivity contribution in [3.8, 4) is 11.8 Å². The van der Waals surface area contributed by atoms with Crippen molar-refractivity contribution in [2.45, 2.75) is 12.8 Å². The van der Waals surface area contributed by atoms with Gasteiger partial charge in [-0.05, 0) is 48.7 Å². The molecule has 0 aliphatic carbocycles. The van der Waals surface area contributed by atoms with Crippen molar-refractivity contribution in [3.63, 3.8) is 0 Å². The van der Waals surface area contributed by atoms with Crippen LogP contribution in [0, 0.1) is 17.7 Å². The van der Waals surface area contributed by atoms with Crippen LogP contribution in [0.4, 0.5) is 10.1 Å². The Morgan fingerprint density at radius 1 is 1.17 bits per heavy atom. The number of carbonyl (C=O) groups excluding carboxylic acids is 1. The SMILES string of the molecule is O=C1CCCN1c1ccc(C#Cc2cc3cc(F)cnc3[nH]2)cc1. The average molecular weight is 319 g/mol. The molecule has 0 bridgehead atoms. The number of H-pyrrole nitrogens is 1. The smallest absolute Gasteiger partial charge is 0.227 e. The van der Waals surface area contributed by atoms with E-state index in [0.717, 1.165) is 24.2 Å². The number of nitrogens with zero attached hydrogens (tertiary/aromatic N) is 2. The molecule has 1 aliphatic rings. The first-order valence-electron chi connectivity index (χ1n) is 7.76. The summed E-state index contributed by atoms with van der Waals surface area (Å²) >= 11 is 0. The molecule has 118 valence electrons. The number of benzene rings is 1. The summed E-state index contributed by atoms with van der Waals surface area (Å²) in [4.78, 5) is 20.6. The fourth-order valence-corrected chi connectivity index (χ4v) is 2.84. The summed E-state index contributed by atoms with van der Waals surface area (Å²) in [5.74, 6) is 5.88. The van der Waals surface area contributed by atoms with Crippen LogP contribution in [0.1, 0.15) is 24.1 Å². The van der Waals surface area contributed by atoms with Crippen molar-refractivity contribution in [2.24, 2.45) is 0 Å². The lowest BCUT2D eigenvalue weighted by Crippen LogP contribution is -2.23. The lowest BCUT2D eigenvalue weighted by molar-refractivity contribution is -0.117. The average Bonchev–Trinajstić information content (AvgIpc) is 3.19. The van der Waals surface area contributed by atoms with E-state index in [2.05, 4.69) is 21.8 Å². The minimum absolute atomic E-state index is 0.173. The molecule has 1 fully saturated rings. The van der Waals surface area contributed by atoms with E-state index in [1.165, 1.54) is 12.3 Å². The predicted molar refractivity (Wildman–Crippen MR) is 90.1 cm³/mol. The van der Waals surface area contributed by atoms with E-state index in [0.29, 0.717) is 23.1 Å². The van der Waals surface area contributed by atoms with Crippen molar-refractivity contribution in [2.75, 3.05) is 11.4 Å². The molecule has 0 radical (unpaired) electrons. The van der Waals surface area contributed by atoms with E-state index in [1.54, 1.807) is 11.0 Å². The second-order valence-electron chi connectivity index (χ2n) is 5.72. The second-order valence-corrected chi connectivity index (χ2v) is 5.72. The third kappa shape index (κ3) is 2.74. The number of rotatable bonds is 1. The van der Waals surface area contributed by atoms with Gasteiger partial charge in [-0.3, -0.25) is 4.79 Å². The highest BCUT2D eigenvalue weighted by Gasteiger charge is 2.21. The van der Waals surface area contributed by atoms with Gasteiger partial charge in [-0.2, -0.15) is 0 Å². The third-order valence-electron chi connectivity index (χ3n) is 4.03. The van der Waals surface area contributed by atoms with Crippen molar-refractivity contribution in [1.29, 1.82) is 0 Å². The zero-order valence-corrected chi connectivity index (χ0v) is 12.8. The molecular formula is C19H14FN3O. The first kappa shape index (κ1) is 14.5. The Hall–Kier alpha value is -3.13. The van der Waals surface area contributed by atoms with Crippen LogP contribution in [0.25, 0.3) is 11.0 Å². The van der Waals surface area contributed by atoms with Crippen LogP contribution in [0.5, 0.6) is 0 Å². The van der Waals surface area contributed by atoms with E-state index in [1.807, 2.05) is 24.3 Å². The Morgan fingerprint density at radius 2 is 2.00 bits per heavy atom. The number of aromatic amines is 1. The zero-order chi connectivity index (χ0) is 16.5. The van der Waals surface area contributed by atoms with Gasteiger partial charge in [0.05, 0.1) is 11.9 Å². The van der Waals surface area contributed by atoms with Gasteiger partial charge in [0, 0.05) is 29.6 Å². The van der Waals surface area contributed by atoms with E-state index >= 15 is 0 Å². The minimum Gasteiger partial charge on any atom is -0.333 e. The van der Waals surface area contributed by atoms with Crippen molar-refractivity contribution < 1.29 is 9.18 Å². The highest BCUT2D eigenvalue weighted by molar-refractivity contribution is 5.95. The molecule has 0 saturated carbocycles. The topological polar surface area (TPSA) is 49.0 Å². The number of amides is 1. The van der Waals surface area contributed by atoms with Gasteiger partial charge >= 0.3 is 0 Å². The van der Waals surface area contributed by atoms with Gasteiger partial charge in [0.15, 0.2) is 0 Å². The minimum atomic E-state index is -0.368. The Kier molecular flexibility index (Phi) is 3.51. The fraction of sp³-hybridized carbons (Fsp3) is 0.158. The number of nitrogens with one attached hydrogen (secondary N) is 1. The van der Waals surface area contributed by atoms with Gasteiger partial charge in [-0.15, -0.1) is 0 Å². The maximum absolute atomic E-state index is 13.1. The van der Waals surface area contributed by atoms with Gasteiger partial charge in [0.2, 0.25) is 5.91 Å². The molecule has 2 aromatic heterocycles. The van der Waals surface area contributed by atoms with E-state index in [4.69, 9.17) is 0 Å². The number of anilines is 1. The molecule has 24 heavy (non-hydrogen) atoms. The number of carbonyl (C=O) groups is 1. The maximum atomic E-state index is 13.1. The second kappa shape index (κ2) is 5.82. The predicted octanol–water partition coefficient (Wildman–Crippen LogP) is 3.23. The number of halogens is 1. The van der Waals surface area contributed by atoms with Gasteiger partial charge in [-0.25, -0.2) is 9.37 Å². The number of hydrogen-bond donors (Lipinski definition) is 1. The monoisotopic (exact) mass is 319 g/mol. The number of pyridine rings is 1. The summed E-state index contributed by atoms with van der Waals surface area (Å²) < 4.78 is 13.1. The summed E-state index contributed by atoms with van der Waals surface area (Å²) in [7, 11) is 0. The van der Waals surface area contributed by atoms with Crippen LogP contribution in [0.15, 0.2) is 42.6 Å². The quantitative estimate of drug-likeness (QED) is 0.700. The Bertz CT molecular complexity index is 979.